The summed E-state index contributed by atoms with van der Waals surface area (Å²) in [6.07, 6.45) is 2.08. The van der Waals surface area contributed by atoms with Crippen LogP contribution in [0.3, 0.4) is 0 Å². The number of halogens is 2. The standard InChI is InChI=1S/C16H18ClN3O2.ClH/c1-18-13-6-3-7-20(10-13)16(21)15-9-14(19-22-15)11-4-2-5-12(17)8-11;/h2,4-5,8-9,13,18H,3,6-7,10H2,1H3;1H. The Morgan fingerprint density at radius 2 is 2.26 bits per heavy atom. The second-order valence-corrected chi connectivity index (χ2v) is 5.90. The summed E-state index contributed by atoms with van der Waals surface area (Å²) in [6, 6.07) is 9.34. The minimum atomic E-state index is -0.110. The molecule has 0 spiro atoms. The van der Waals surface area contributed by atoms with Crippen molar-refractivity contribution >= 4 is 29.9 Å². The summed E-state index contributed by atoms with van der Waals surface area (Å²) in [5.74, 6) is 0.160. The molecule has 3 rings (SSSR count). The van der Waals surface area contributed by atoms with Crippen LogP contribution in [0.5, 0.6) is 0 Å². The molecule has 0 saturated carbocycles. The number of likely N-dealkylation sites (N-methyl/N-ethyl adjacent to an activating group) is 1. The monoisotopic (exact) mass is 355 g/mol. The van der Waals surface area contributed by atoms with Crippen molar-refractivity contribution in [2.24, 2.45) is 0 Å². The van der Waals surface area contributed by atoms with Crippen LogP contribution in [0.15, 0.2) is 34.9 Å². The molecule has 1 saturated heterocycles. The molecule has 0 bridgehead atoms. The first-order valence-corrected chi connectivity index (χ1v) is 7.74. The summed E-state index contributed by atoms with van der Waals surface area (Å²) in [5, 5.41) is 7.83. The maximum absolute atomic E-state index is 12.5. The van der Waals surface area contributed by atoms with Gasteiger partial charge in [-0.05, 0) is 32.0 Å². The molecule has 1 aromatic carbocycles. The van der Waals surface area contributed by atoms with Gasteiger partial charge in [-0.1, -0.05) is 28.9 Å². The molecule has 1 N–H and O–H groups in total. The number of nitrogens with zero attached hydrogens (tertiary/aromatic N) is 2. The highest BCUT2D eigenvalue weighted by molar-refractivity contribution is 6.30. The van der Waals surface area contributed by atoms with Crippen LogP contribution in [-0.4, -0.2) is 42.1 Å². The lowest BCUT2D eigenvalue weighted by Gasteiger charge is -2.31. The molecule has 0 radical (unpaired) electrons. The Hall–Kier alpha value is -1.56. The number of amides is 1. The van der Waals surface area contributed by atoms with E-state index < -0.39 is 0 Å². The zero-order chi connectivity index (χ0) is 15.5. The van der Waals surface area contributed by atoms with Crippen LogP contribution in [0.25, 0.3) is 11.3 Å². The van der Waals surface area contributed by atoms with E-state index in [0.717, 1.165) is 24.9 Å². The number of benzene rings is 1. The first-order valence-electron chi connectivity index (χ1n) is 7.36. The number of hydrogen-bond acceptors (Lipinski definition) is 4. The molecule has 124 valence electrons. The van der Waals surface area contributed by atoms with E-state index in [1.807, 2.05) is 24.1 Å². The largest absolute Gasteiger partial charge is 0.350 e. The van der Waals surface area contributed by atoms with Crippen molar-refractivity contribution in [1.82, 2.24) is 15.4 Å². The van der Waals surface area contributed by atoms with Crippen LogP contribution in [0.2, 0.25) is 5.02 Å². The van der Waals surface area contributed by atoms with E-state index in [-0.39, 0.29) is 24.1 Å². The van der Waals surface area contributed by atoms with Crippen LogP contribution in [0.1, 0.15) is 23.4 Å². The minimum absolute atomic E-state index is 0. The molecule has 2 aromatic rings. The van der Waals surface area contributed by atoms with Gasteiger partial charge in [0.15, 0.2) is 0 Å². The third-order valence-corrected chi connectivity index (χ3v) is 4.19. The van der Waals surface area contributed by atoms with Gasteiger partial charge in [0.05, 0.1) is 0 Å². The molecular formula is C16H19Cl2N3O2. The van der Waals surface area contributed by atoms with Gasteiger partial charge in [-0.2, -0.15) is 0 Å². The predicted octanol–water partition coefficient (Wildman–Crippen LogP) is 3.24. The molecule has 1 atom stereocenters. The Morgan fingerprint density at radius 3 is 3.00 bits per heavy atom. The van der Waals surface area contributed by atoms with Crippen molar-refractivity contribution in [3.8, 4) is 11.3 Å². The summed E-state index contributed by atoms with van der Waals surface area (Å²) >= 11 is 5.98. The molecule has 7 heteroatoms. The predicted molar refractivity (Wildman–Crippen MR) is 92.2 cm³/mol. The Labute approximate surface area is 146 Å². The van der Waals surface area contributed by atoms with Crippen LogP contribution >= 0.6 is 24.0 Å². The Morgan fingerprint density at radius 1 is 1.43 bits per heavy atom. The number of hydrogen-bond donors (Lipinski definition) is 1. The maximum Gasteiger partial charge on any atom is 0.292 e. The van der Waals surface area contributed by atoms with Gasteiger partial charge < -0.3 is 14.7 Å². The summed E-state index contributed by atoms with van der Waals surface area (Å²) < 4.78 is 5.24. The first kappa shape index (κ1) is 17.8. The fourth-order valence-electron chi connectivity index (χ4n) is 2.71. The molecule has 1 aliphatic rings. The molecule has 1 amide bonds. The fourth-order valence-corrected chi connectivity index (χ4v) is 2.90. The van der Waals surface area contributed by atoms with E-state index >= 15 is 0 Å². The highest BCUT2D eigenvalue weighted by Gasteiger charge is 2.26. The zero-order valence-corrected chi connectivity index (χ0v) is 14.4. The van der Waals surface area contributed by atoms with Gasteiger partial charge in [0, 0.05) is 35.8 Å². The van der Waals surface area contributed by atoms with Gasteiger partial charge in [-0.3, -0.25) is 4.79 Å². The van der Waals surface area contributed by atoms with E-state index in [9.17, 15) is 4.79 Å². The number of rotatable bonds is 3. The lowest BCUT2D eigenvalue weighted by molar-refractivity contribution is 0.0656. The van der Waals surface area contributed by atoms with Crippen LogP contribution in [-0.2, 0) is 0 Å². The molecule has 1 aliphatic heterocycles. The quantitative estimate of drug-likeness (QED) is 0.917. The average Bonchev–Trinajstić information content (AvgIpc) is 3.04. The highest BCUT2D eigenvalue weighted by atomic mass is 35.5. The molecule has 1 unspecified atom stereocenters. The summed E-state index contributed by atoms with van der Waals surface area (Å²) in [7, 11) is 1.92. The van der Waals surface area contributed by atoms with E-state index in [4.69, 9.17) is 16.1 Å². The van der Waals surface area contributed by atoms with Gasteiger partial charge in [0.1, 0.15) is 5.69 Å². The lowest BCUT2D eigenvalue weighted by Crippen LogP contribution is -2.46. The average molecular weight is 356 g/mol. The van der Waals surface area contributed by atoms with Crippen LogP contribution < -0.4 is 5.32 Å². The number of carbonyl (C=O) groups excluding carboxylic acids is 1. The first-order chi connectivity index (χ1) is 10.7. The second kappa shape index (κ2) is 7.81. The Kier molecular flexibility index (Phi) is 6.04. The summed E-state index contributed by atoms with van der Waals surface area (Å²) in [6.45, 7) is 1.45. The van der Waals surface area contributed by atoms with Crippen molar-refractivity contribution in [3.05, 3.63) is 41.1 Å². The van der Waals surface area contributed by atoms with Crippen molar-refractivity contribution in [2.75, 3.05) is 20.1 Å². The van der Waals surface area contributed by atoms with Crippen molar-refractivity contribution in [2.45, 2.75) is 18.9 Å². The molecule has 1 aromatic heterocycles. The molecule has 0 aliphatic carbocycles. The molecule has 1 fully saturated rings. The SMILES string of the molecule is CNC1CCCN(C(=O)c2cc(-c3cccc(Cl)c3)no2)C1.Cl. The van der Waals surface area contributed by atoms with E-state index in [1.54, 1.807) is 18.2 Å². The van der Waals surface area contributed by atoms with Crippen LogP contribution in [0, 0.1) is 0 Å². The van der Waals surface area contributed by atoms with Gasteiger partial charge in [-0.15, -0.1) is 12.4 Å². The van der Waals surface area contributed by atoms with Gasteiger partial charge >= 0.3 is 0 Å². The van der Waals surface area contributed by atoms with Crippen molar-refractivity contribution < 1.29 is 9.32 Å². The highest BCUT2D eigenvalue weighted by Crippen LogP contribution is 2.23. The minimum Gasteiger partial charge on any atom is -0.350 e. The van der Waals surface area contributed by atoms with Crippen molar-refractivity contribution in [1.29, 1.82) is 0 Å². The van der Waals surface area contributed by atoms with Gasteiger partial charge in [-0.25, -0.2) is 0 Å². The smallest absolute Gasteiger partial charge is 0.292 e. The lowest BCUT2D eigenvalue weighted by atomic mass is 10.1. The normalized spacial score (nSPS) is 17.7. The molecule has 2 heterocycles. The number of aromatic nitrogens is 1. The van der Waals surface area contributed by atoms with E-state index in [2.05, 4.69) is 10.5 Å². The maximum atomic E-state index is 12.5. The molecule has 23 heavy (non-hydrogen) atoms. The third kappa shape index (κ3) is 4.05. The van der Waals surface area contributed by atoms with E-state index in [0.29, 0.717) is 23.3 Å². The van der Waals surface area contributed by atoms with Crippen LogP contribution in [0.4, 0.5) is 0 Å². The fraction of sp³-hybridized carbons (Fsp3) is 0.375. The Balaban J connectivity index is 0.00000192. The van der Waals surface area contributed by atoms with Gasteiger partial charge in [0.25, 0.3) is 5.91 Å². The van der Waals surface area contributed by atoms with Gasteiger partial charge in [0.2, 0.25) is 5.76 Å². The molecular weight excluding hydrogens is 337 g/mol. The zero-order valence-electron chi connectivity index (χ0n) is 12.8. The number of nitrogens with one attached hydrogen (secondary N) is 1. The third-order valence-electron chi connectivity index (χ3n) is 3.96. The molecule has 5 nitrogen and oxygen atoms in total. The second-order valence-electron chi connectivity index (χ2n) is 5.47. The van der Waals surface area contributed by atoms with Crippen molar-refractivity contribution in [3.63, 3.8) is 0 Å². The van der Waals surface area contributed by atoms with E-state index in [1.165, 1.54) is 0 Å². The Bertz CT molecular complexity index is 675. The topological polar surface area (TPSA) is 58.4 Å². The summed E-state index contributed by atoms with van der Waals surface area (Å²) in [4.78, 5) is 14.3. The number of piperidine rings is 1. The summed E-state index contributed by atoms with van der Waals surface area (Å²) in [5.41, 5.74) is 1.45. The number of carbonyl (C=O) groups is 1. The number of likely N-dealkylation sites (tertiary alicyclic amines) is 1.